The highest BCUT2D eigenvalue weighted by atomic mass is 35.5. The maximum absolute atomic E-state index is 14.1. The highest BCUT2D eigenvalue weighted by Crippen LogP contribution is 2.29. The molecule has 2 heterocycles. The summed E-state index contributed by atoms with van der Waals surface area (Å²) in [4.78, 5) is 18.4. The number of pyridine rings is 1. The van der Waals surface area contributed by atoms with Gasteiger partial charge in [0.1, 0.15) is 5.82 Å². The second kappa shape index (κ2) is 10.1. The lowest BCUT2D eigenvalue weighted by Gasteiger charge is -2.18. The zero-order chi connectivity index (χ0) is 23.4. The van der Waals surface area contributed by atoms with Gasteiger partial charge in [-0.05, 0) is 42.8 Å². The summed E-state index contributed by atoms with van der Waals surface area (Å²) in [5.41, 5.74) is 3.07. The van der Waals surface area contributed by atoms with Crippen LogP contribution in [0.4, 0.5) is 4.39 Å². The van der Waals surface area contributed by atoms with Gasteiger partial charge in [-0.15, -0.1) is 10.2 Å². The molecule has 2 aromatic carbocycles. The lowest BCUT2D eigenvalue weighted by molar-refractivity contribution is -0.127. The van der Waals surface area contributed by atoms with Gasteiger partial charge in [0, 0.05) is 42.1 Å². The Morgan fingerprint density at radius 2 is 1.94 bits per heavy atom. The first-order valence-corrected chi connectivity index (χ1v) is 11.5. The summed E-state index contributed by atoms with van der Waals surface area (Å²) in [5.74, 6) is 0.134. The topological polar surface area (TPSA) is 63.9 Å². The molecule has 4 aromatic rings. The van der Waals surface area contributed by atoms with E-state index in [0.29, 0.717) is 21.6 Å². The standard InChI is InChI=1S/C24H21ClFN5OS/c1-16-7-3-4-11-21(16)31-23(17-8-6-12-27-13-17)28-29-24(31)33-15-22(32)30(2)14-18-19(25)9-5-10-20(18)26/h3-13H,14-15H2,1-2H3. The number of benzene rings is 2. The van der Waals surface area contributed by atoms with Crippen molar-refractivity contribution in [1.29, 1.82) is 0 Å². The molecule has 0 saturated heterocycles. The number of hydrogen-bond acceptors (Lipinski definition) is 5. The highest BCUT2D eigenvalue weighted by molar-refractivity contribution is 7.99. The Kier molecular flexibility index (Phi) is 7.05. The molecule has 2 aromatic heterocycles. The van der Waals surface area contributed by atoms with E-state index in [-0.39, 0.29) is 18.2 Å². The van der Waals surface area contributed by atoms with E-state index in [1.807, 2.05) is 47.9 Å². The molecule has 168 valence electrons. The fourth-order valence-electron chi connectivity index (χ4n) is 3.32. The van der Waals surface area contributed by atoms with Crippen molar-refractivity contribution in [2.24, 2.45) is 0 Å². The van der Waals surface area contributed by atoms with E-state index in [2.05, 4.69) is 15.2 Å². The van der Waals surface area contributed by atoms with Gasteiger partial charge in [0.05, 0.1) is 11.4 Å². The number of thioether (sulfide) groups is 1. The number of rotatable bonds is 7. The molecule has 0 atom stereocenters. The Balaban J connectivity index is 1.58. The fourth-order valence-corrected chi connectivity index (χ4v) is 4.43. The van der Waals surface area contributed by atoms with E-state index >= 15 is 0 Å². The molecule has 0 fully saturated rings. The Hall–Kier alpha value is -3.23. The second-order valence-electron chi connectivity index (χ2n) is 7.41. The fraction of sp³-hybridized carbons (Fsp3) is 0.167. The molecular weight excluding hydrogens is 461 g/mol. The van der Waals surface area contributed by atoms with E-state index in [4.69, 9.17) is 11.6 Å². The van der Waals surface area contributed by atoms with Crippen LogP contribution in [0.15, 0.2) is 72.1 Å². The monoisotopic (exact) mass is 481 g/mol. The summed E-state index contributed by atoms with van der Waals surface area (Å²) in [7, 11) is 1.62. The molecule has 33 heavy (non-hydrogen) atoms. The normalized spacial score (nSPS) is 10.9. The zero-order valence-electron chi connectivity index (χ0n) is 18.1. The molecule has 0 radical (unpaired) electrons. The lowest BCUT2D eigenvalue weighted by Crippen LogP contribution is -2.28. The third kappa shape index (κ3) is 5.07. The molecule has 4 rings (SSSR count). The summed E-state index contributed by atoms with van der Waals surface area (Å²) in [6.45, 7) is 2.09. The van der Waals surface area contributed by atoms with Crippen LogP contribution in [-0.4, -0.2) is 43.4 Å². The minimum Gasteiger partial charge on any atom is -0.341 e. The van der Waals surface area contributed by atoms with E-state index < -0.39 is 5.82 Å². The largest absolute Gasteiger partial charge is 0.341 e. The van der Waals surface area contributed by atoms with Gasteiger partial charge in [-0.1, -0.05) is 47.6 Å². The van der Waals surface area contributed by atoms with E-state index in [0.717, 1.165) is 16.8 Å². The number of aryl methyl sites for hydroxylation is 1. The number of para-hydroxylation sites is 1. The van der Waals surface area contributed by atoms with Crippen molar-refractivity contribution in [3.63, 3.8) is 0 Å². The molecule has 9 heteroatoms. The first kappa shape index (κ1) is 22.9. The summed E-state index contributed by atoms with van der Waals surface area (Å²) < 4.78 is 16.0. The molecule has 0 aliphatic heterocycles. The van der Waals surface area contributed by atoms with Crippen molar-refractivity contribution in [2.75, 3.05) is 12.8 Å². The van der Waals surface area contributed by atoms with E-state index in [1.165, 1.54) is 28.8 Å². The molecule has 0 bridgehead atoms. The molecule has 0 spiro atoms. The number of hydrogen-bond donors (Lipinski definition) is 0. The van der Waals surface area contributed by atoms with Gasteiger partial charge < -0.3 is 4.90 Å². The Labute approximate surface area is 200 Å². The number of aromatic nitrogens is 4. The molecule has 0 N–H and O–H groups in total. The smallest absolute Gasteiger partial charge is 0.233 e. The maximum Gasteiger partial charge on any atom is 0.233 e. The Morgan fingerprint density at radius 1 is 1.12 bits per heavy atom. The van der Waals surface area contributed by atoms with Crippen LogP contribution < -0.4 is 0 Å². The van der Waals surface area contributed by atoms with Crippen LogP contribution in [-0.2, 0) is 11.3 Å². The van der Waals surface area contributed by atoms with Crippen LogP contribution in [0.5, 0.6) is 0 Å². The van der Waals surface area contributed by atoms with Gasteiger partial charge >= 0.3 is 0 Å². The number of nitrogens with zero attached hydrogens (tertiary/aromatic N) is 5. The molecule has 0 aliphatic rings. The summed E-state index contributed by atoms with van der Waals surface area (Å²) in [6.07, 6.45) is 3.42. The SMILES string of the molecule is Cc1ccccc1-n1c(SCC(=O)N(C)Cc2c(F)cccc2Cl)nnc1-c1cccnc1. The Bertz CT molecular complexity index is 1260. The molecule has 0 unspecified atom stereocenters. The predicted molar refractivity (Wildman–Crippen MR) is 128 cm³/mol. The summed E-state index contributed by atoms with van der Waals surface area (Å²) in [5, 5.41) is 9.60. The summed E-state index contributed by atoms with van der Waals surface area (Å²) >= 11 is 7.38. The molecular formula is C24H21ClFN5OS. The van der Waals surface area contributed by atoms with Gasteiger partial charge in [0.2, 0.25) is 5.91 Å². The second-order valence-corrected chi connectivity index (χ2v) is 8.76. The van der Waals surface area contributed by atoms with Gasteiger partial charge in [0.25, 0.3) is 0 Å². The van der Waals surface area contributed by atoms with Gasteiger partial charge in [0.15, 0.2) is 11.0 Å². The van der Waals surface area contributed by atoms with Crippen LogP contribution in [0.3, 0.4) is 0 Å². The van der Waals surface area contributed by atoms with Gasteiger partial charge in [-0.2, -0.15) is 0 Å². The van der Waals surface area contributed by atoms with Gasteiger partial charge in [-0.3, -0.25) is 14.3 Å². The van der Waals surface area contributed by atoms with Crippen LogP contribution in [0.2, 0.25) is 5.02 Å². The van der Waals surface area contributed by atoms with Crippen LogP contribution in [0.1, 0.15) is 11.1 Å². The molecule has 6 nitrogen and oxygen atoms in total. The third-order valence-electron chi connectivity index (χ3n) is 5.12. The number of carbonyl (C=O) groups is 1. The first-order valence-electron chi connectivity index (χ1n) is 10.2. The van der Waals surface area contributed by atoms with Crippen molar-refractivity contribution in [2.45, 2.75) is 18.6 Å². The molecule has 0 saturated carbocycles. The molecule has 1 amide bonds. The minimum atomic E-state index is -0.435. The van der Waals surface area contributed by atoms with Crippen LogP contribution in [0, 0.1) is 12.7 Å². The van der Waals surface area contributed by atoms with Crippen molar-refractivity contribution in [3.8, 4) is 17.1 Å². The van der Waals surface area contributed by atoms with Crippen LogP contribution in [0.25, 0.3) is 17.1 Å². The van der Waals surface area contributed by atoms with Gasteiger partial charge in [-0.25, -0.2) is 4.39 Å². The number of amides is 1. The minimum absolute atomic E-state index is 0.0797. The van der Waals surface area contributed by atoms with Crippen molar-refractivity contribution in [3.05, 3.63) is 89.0 Å². The third-order valence-corrected chi connectivity index (χ3v) is 6.38. The average molecular weight is 482 g/mol. The van der Waals surface area contributed by atoms with Crippen molar-refractivity contribution >= 4 is 29.3 Å². The highest BCUT2D eigenvalue weighted by Gasteiger charge is 2.20. The zero-order valence-corrected chi connectivity index (χ0v) is 19.6. The maximum atomic E-state index is 14.1. The van der Waals surface area contributed by atoms with Crippen molar-refractivity contribution < 1.29 is 9.18 Å². The summed E-state index contributed by atoms with van der Waals surface area (Å²) in [6, 6.07) is 16.1. The Morgan fingerprint density at radius 3 is 2.67 bits per heavy atom. The molecule has 0 aliphatic carbocycles. The quantitative estimate of drug-likeness (QED) is 0.340. The number of halogens is 2. The average Bonchev–Trinajstić information content (AvgIpc) is 3.24. The predicted octanol–water partition coefficient (Wildman–Crippen LogP) is 5.18. The van der Waals surface area contributed by atoms with E-state index in [1.54, 1.807) is 25.5 Å². The van der Waals surface area contributed by atoms with Crippen LogP contribution >= 0.6 is 23.4 Å². The first-order chi connectivity index (χ1) is 16.0. The van der Waals surface area contributed by atoms with E-state index in [9.17, 15) is 9.18 Å². The van der Waals surface area contributed by atoms with Crippen molar-refractivity contribution in [1.82, 2.24) is 24.6 Å². The number of carbonyl (C=O) groups excluding carboxylic acids is 1. The lowest BCUT2D eigenvalue weighted by atomic mass is 10.2.